The van der Waals surface area contributed by atoms with E-state index in [1.54, 1.807) is 7.11 Å². The van der Waals surface area contributed by atoms with E-state index in [-0.39, 0.29) is 6.10 Å². The second kappa shape index (κ2) is 13.9. The fourth-order valence-corrected chi connectivity index (χ4v) is 1.42. The van der Waals surface area contributed by atoms with Crippen LogP contribution in [0.4, 0.5) is 0 Å². The lowest BCUT2D eigenvalue weighted by Crippen LogP contribution is -2.28. The Morgan fingerprint density at radius 1 is 1.06 bits per heavy atom. The van der Waals surface area contributed by atoms with Gasteiger partial charge in [0.1, 0.15) is 0 Å². The summed E-state index contributed by atoms with van der Waals surface area (Å²) in [5.41, 5.74) is 0. The van der Waals surface area contributed by atoms with E-state index >= 15 is 0 Å². The number of hydrogen-bond donors (Lipinski definition) is 1. The van der Waals surface area contributed by atoms with Crippen LogP contribution >= 0.6 is 0 Å². The van der Waals surface area contributed by atoms with E-state index in [2.05, 4.69) is 19.2 Å². The summed E-state index contributed by atoms with van der Waals surface area (Å²) >= 11 is 0. The lowest BCUT2D eigenvalue weighted by molar-refractivity contribution is 0.000127. The number of hydrogen-bond acceptors (Lipinski definition) is 4. The summed E-state index contributed by atoms with van der Waals surface area (Å²) < 4.78 is 15.8. The Balaban J connectivity index is 3.09. The van der Waals surface area contributed by atoms with Gasteiger partial charge in [-0.05, 0) is 19.9 Å². The number of rotatable bonds is 13. The molecule has 1 atom stereocenters. The molecular weight excluding hydrogens is 218 g/mol. The Morgan fingerprint density at radius 2 is 1.82 bits per heavy atom. The summed E-state index contributed by atoms with van der Waals surface area (Å²) in [6.07, 6.45) is 4.08. The van der Waals surface area contributed by atoms with Crippen molar-refractivity contribution in [2.45, 2.75) is 39.2 Å². The maximum Gasteiger partial charge on any atom is 0.0704 e. The summed E-state index contributed by atoms with van der Waals surface area (Å²) in [5.74, 6) is 0. The minimum Gasteiger partial charge on any atom is -0.382 e. The molecule has 0 rings (SSSR count). The van der Waals surface area contributed by atoms with Crippen LogP contribution in [-0.2, 0) is 14.2 Å². The Morgan fingerprint density at radius 3 is 2.53 bits per heavy atom. The second-order valence-electron chi connectivity index (χ2n) is 4.20. The fraction of sp³-hybridized carbons (Fsp3) is 1.00. The molecule has 0 bridgehead atoms. The molecule has 4 nitrogen and oxygen atoms in total. The molecular formula is C13H29NO3. The van der Waals surface area contributed by atoms with Crippen LogP contribution in [-0.4, -0.2) is 52.7 Å². The Bertz CT molecular complexity index is 145. The van der Waals surface area contributed by atoms with Crippen LogP contribution in [0.15, 0.2) is 0 Å². The fourth-order valence-electron chi connectivity index (χ4n) is 1.42. The molecule has 1 N–H and O–H groups in total. The minimum atomic E-state index is 0.252. The van der Waals surface area contributed by atoms with Crippen molar-refractivity contribution >= 4 is 0 Å². The predicted octanol–water partition coefficient (Wildman–Crippen LogP) is 1.83. The largest absolute Gasteiger partial charge is 0.382 e. The van der Waals surface area contributed by atoms with E-state index < -0.39 is 0 Å². The van der Waals surface area contributed by atoms with Gasteiger partial charge in [0.2, 0.25) is 0 Å². The van der Waals surface area contributed by atoms with E-state index in [4.69, 9.17) is 14.2 Å². The molecule has 0 aromatic heterocycles. The van der Waals surface area contributed by atoms with Crippen molar-refractivity contribution in [3.8, 4) is 0 Å². The highest BCUT2D eigenvalue weighted by Gasteiger charge is 2.00. The molecule has 0 spiro atoms. The maximum absolute atomic E-state index is 5.60. The molecule has 0 aliphatic heterocycles. The number of unbranched alkanes of at least 4 members (excludes halogenated alkanes) is 2. The van der Waals surface area contributed by atoms with Crippen LogP contribution in [0, 0.1) is 0 Å². The van der Waals surface area contributed by atoms with Gasteiger partial charge in [0.25, 0.3) is 0 Å². The third-order valence-corrected chi connectivity index (χ3v) is 2.45. The molecule has 0 aromatic carbocycles. The Hall–Kier alpha value is -0.160. The Labute approximate surface area is 106 Å². The van der Waals surface area contributed by atoms with E-state index in [0.29, 0.717) is 26.4 Å². The van der Waals surface area contributed by atoms with Crippen molar-refractivity contribution in [2.75, 3.05) is 46.6 Å². The molecule has 0 aliphatic carbocycles. The Kier molecular flexibility index (Phi) is 13.8. The standard InChI is InChI=1S/C13H29NO3/c1-4-5-6-7-14-12-13(2)17-11-10-16-9-8-15-3/h13-14H,4-12H2,1-3H3. The van der Waals surface area contributed by atoms with Crippen LogP contribution in [0.3, 0.4) is 0 Å². The monoisotopic (exact) mass is 247 g/mol. The average molecular weight is 247 g/mol. The van der Waals surface area contributed by atoms with Crippen LogP contribution in [0.2, 0.25) is 0 Å². The van der Waals surface area contributed by atoms with Crippen molar-refractivity contribution in [3.05, 3.63) is 0 Å². The van der Waals surface area contributed by atoms with Crippen molar-refractivity contribution in [2.24, 2.45) is 0 Å². The number of ether oxygens (including phenoxy) is 3. The summed E-state index contributed by atoms with van der Waals surface area (Å²) in [5, 5.41) is 3.40. The predicted molar refractivity (Wildman–Crippen MR) is 70.5 cm³/mol. The topological polar surface area (TPSA) is 39.7 Å². The van der Waals surface area contributed by atoms with Crippen molar-refractivity contribution in [1.82, 2.24) is 5.32 Å². The lowest BCUT2D eigenvalue weighted by atomic mass is 10.2. The quantitative estimate of drug-likeness (QED) is 0.504. The van der Waals surface area contributed by atoms with Gasteiger partial charge in [-0.25, -0.2) is 0 Å². The number of nitrogens with one attached hydrogen (secondary N) is 1. The van der Waals surface area contributed by atoms with E-state index in [0.717, 1.165) is 13.1 Å². The smallest absolute Gasteiger partial charge is 0.0704 e. The molecule has 17 heavy (non-hydrogen) atoms. The molecule has 0 fully saturated rings. The molecule has 0 amide bonds. The third-order valence-electron chi connectivity index (χ3n) is 2.45. The van der Waals surface area contributed by atoms with Gasteiger partial charge in [-0.1, -0.05) is 19.8 Å². The summed E-state index contributed by atoms with van der Waals surface area (Å²) in [7, 11) is 1.67. The molecule has 1 unspecified atom stereocenters. The SMILES string of the molecule is CCCCCNCC(C)OCCOCCOC. The molecule has 0 heterocycles. The first-order valence-corrected chi connectivity index (χ1v) is 6.70. The molecule has 0 saturated carbocycles. The van der Waals surface area contributed by atoms with Gasteiger partial charge in [0.15, 0.2) is 0 Å². The van der Waals surface area contributed by atoms with Crippen LogP contribution < -0.4 is 5.32 Å². The molecule has 0 aliphatic rings. The van der Waals surface area contributed by atoms with Crippen molar-refractivity contribution in [3.63, 3.8) is 0 Å². The highest BCUT2D eigenvalue weighted by atomic mass is 16.5. The maximum atomic E-state index is 5.60. The molecule has 4 heteroatoms. The van der Waals surface area contributed by atoms with Gasteiger partial charge in [0.05, 0.1) is 32.5 Å². The van der Waals surface area contributed by atoms with Gasteiger partial charge >= 0.3 is 0 Å². The minimum absolute atomic E-state index is 0.252. The third kappa shape index (κ3) is 13.8. The van der Waals surface area contributed by atoms with Gasteiger partial charge in [-0.2, -0.15) is 0 Å². The second-order valence-corrected chi connectivity index (χ2v) is 4.20. The van der Waals surface area contributed by atoms with Gasteiger partial charge in [-0.3, -0.25) is 0 Å². The molecule has 0 radical (unpaired) electrons. The average Bonchev–Trinajstić information content (AvgIpc) is 2.33. The summed E-state index contributed by atoms with van der Waals surface area (Å²) in [4.78, 5) is 0. The van der Waals surface area contributed by atoms with Gasteiger partial charge in [0, 0.05) is 13.7 Å². The summed E-state index contributed by atoms with van der Waals surface area (Å²) in [6.45, 7) is 8.90. The number of methoxy groups -OCH3 is 1. The molecule has 0 aromatic rings. The van der Waals surface area contributed by atoms with E-state index in [9.17, 15) is 0 Å². The molecule has 104 valence electrons. The zero-order chi connectivity index (χ0) is 12.8. The van der Waals surface area contributed by atoms with E-state index in [1.807, 2.05) is 0 Å². The zero-order valence-corrected chi connectivity index (χ0v) is 11.7. The lowest BCUT2D eigenvalue weighted by Gasteiger charge is -2.14. The summed E-state index contributed by atoms with van der Waals surface area (Å²) in [6, 6.07) is 0. The van der Waals surface area contributed by atoms with Gasteiger partial charge < -0.3 is 19.5 Å². The first-order valence-electron chi connectivity index (χ1n) is 6.70. The van der Waals surface area contributed by atoms with Crippen molar-refractivity contribution in [1.29, 1.82) is 0 Å². The first-order chi connectivity index (χ1) is 8.31. The van der Waals surface area contributed by atoms with Crippen LogP contribution in [0.1, 0.15) is 33.1 Å². The van der Waals surface area contributed by atoms with Crippen molar-refractivity contribution < 1.29 is 14.2 Å². The van der Waals surface area contributed by atoms with Crippen LogP contribution in [0.25, 0.3) is 0 Å². The normalized spacial score (nSPS) is 12.9. The highest BCUT2D eigenvalue weighted by Crippen LogP contribution is 1.93. The zero-order valence-electron chi connectivity index (χ0n) is 11.7. The van der Waals surface area contributed by atoms with Gasteiger partial charge in [-0.15, -0.1) is 0 Å². The first kappa shape index (κ1) is 16.8. The van der Waals surface area contributed by atoms with E-state index in [1.165, 1.54) is 19.3 Å². The molecule has 0 saturated heterocycles. The highest BCUT2D eigenvalue weighted by molar-refractivity contribution is 4.55. The van der Waals surface area contributed by atoms with Crippen LogP contribution in [0.5, 0.6) is 0 Å².